The van der Waals surface area contributed by atoms with Crippen molar-refractivity contribution in [1.29, 1.82) is 0 Å². The topological polar surface area (TPSA) is 77.0 Å². The summed E-state index contributed by atoms with van der Waals surface area (Å²) in [4.78, 5) is 17.9. The van der Waals surface area contributed by atoms with Gasteiger partial charge >= 0.3 is 6.18 Å². The smallest absolute Gasteiger partial charge is 0.331 e. The summed E-state index contributed by atoms with van der Waals surface area (Å²) in [7, 11) is 0. The number of hydrogen-bond acceptors (Lipinski definition) is 4. The van der Waals surface area contributed by atoms with Crippen molar-refractivity contribution in [3.05, 3.63) is 47.0 Å². The SMILES string of the molecule is Cc1cccc([C@]2(CN)CC[C@H](N3CCn4nc(C(F)(F)F)nc4C3=O)CC2)c1.Cl.Cl. The third kappa shape index (κ3) is 4.68. The summed E-state index contributed by atoms with van der Waals surface area (Å²) in [6, 6.07) is 8.34. The summed E-state index contributed by atoms with van der Waals surface area (Å²) in [6.45, 7) is 3.15. The van der Waals surface area contributed by atoms with Crippen molar-refractivity contribution in [2.24, 2.45) is 5.73 Å². The first kappa shape index (κ1) is 25.4. The number of hydrogen-bond donors (Lipinski definition) is 1. The molecule has 0 radical (unpaired) electrons. The van der Waals surface area contributed by atoms with E-state index in [2.05, 4.69) is 35.2 Å². The lowest BCUT2D eigenvalue weighted by Gasteiger charge is -2.44. The molecule has 1 aliphatic heterocycles. The van der Waals surface area contributed by atoms with E-state index in [1.807, 2.05) is 6.07 Å². The Labute approximate surface area is 191 Å². The van der Waals surface area contributed by atoms with Gasteiger partial charge in [0.15, 0.2) is 0 Å². The fourth-order valence-electron chi connectivity index (χ4n) is 4.61. The quantitative estimate of drug-likeness (QED) is 0.727. The Morgan fingerprint density at radius 3 is 2.45 bits per heavy atom. The van der Waals surface area contributed by atoms with Gasteiger partial charge in [-0.15, -0.1) is 29.9 Å². The van der Waals surface area contributed by atoms with E-state index in [1.54, 1.807) is 4.90 Å². The second-order valence-electron chi connectivity index (χ2n) is 8.06. The van der Waals surface area contributed by atoms with Gasteiger partial charge in [0.05, 0.1) is 6.54 Å². The molecule has 0 atom stereocenters. The zero-order valence-electron chi connectivity index (χ0n) is 17.1. The maximum Gasteiger partial charge on any atom is 0.453 e. The fraction of sp³-hybridized carbons (Fsp3) is 0.550. The van der Waals surface area contributed by atoms with E-state index in [0.717, 1.165) is 30.4 Å². The van der Waals surface area contributed by atoms with Crippen molar-refractivity contribution in [2.45, 2.75) is 56.8 Å². The van der Waals surface area contributed by atoms with Crippen LogP contribution in [0, 0.1) is 6.92 Å². The van der Waals surface area contributed by atoms with Crippen LogP contribution in [0.1, 0.15) is 53.3 Å². The number of nitrogens with two attached hydrogens (primary N) is 1. The predicted molar refractivity (Wildman–Crippen MR) is 115 cm³/mol. The standard InChI is InChI=1S/C20H24F3N5O.2ClH/c1-13-3-2-4-14(11-13)19(12-24)7-5-15(6-8-19)27-9-10-28-16(17(27)29)25-18(26-28)20(21,22)23;;/h2-4,11,15H,5-10,12,24H2,1H3;2*1H/t15-,19+;;. The zero-order valence-corrected chi connectivity index (χ0v) is 18.7. The molecule has 1 fully saturated rings. The number of carbonyl (C=O) groups is 1. The minimum Gasteiger partial charge on any atom is -0.331 e. The van der Waals surface area contributed by atoms with Crippen molar-refractivity contribution in [1.82, 2.24) is 19.7 Å². The molecule has 2 N–H and O–H groups in total. The molecular formula is C20H26Cl2F3N5O. The van der Waals surface area contributed by atoms with Gasteiger partial charge in [0, 0.05) is 24.5 Å². The second kappa shape index (κ2) is 9.34. The zero-order chi connectivity index (χ0) is 20.8. The average Bonchev–Trinajstić information content (AvgIpc) is 3.14. The van der Waals surface area contributed by atoms with Crippen molar-refractivity contribution < 1.29 is 18.0 Å². The van der Waals surface area contributed by atoms with Crippen LogP contribution in [0.2, 0.25) is 0 Å². The Balaban J connectivity index is 0.00000171. The number of halogens is 5. The molecule has 1 aliphatic carbocycles. The summed E-state index contributed by atoms with van der Waals surface area (Å²) in [6.07, 6.45) is -1.47. The fourth-order valence-corrected chi connectivity index (χ4v) is 4.61. The molecule has 2 heterocycles. The molecule has 0 bridgehead atoms. The largest absolute Gasteiger partial charge is 0.453 e. The van der Waals surface area contributed by atoms with E-state index >= 15 is 0 Å². The number of aryl methyl sites for hydroxylation is 1. The highest BCUT2D eigenvalue weighted by atomic mass is 35.5. The van der Waals surface area contributed by atoms with E-state index in [9.17, 15) is 18.0 Å². The van der Waals surface area contributed by atoms with Crippen LogP contribution in [0.3, 0.4) is 0 Å². The first-order chi connectivity index (χ1) is 13.7. The number of rotatable bonds is 3. The van der Waals surface area contributed by atoms with Gasteiger partial charge in [-0.3, -0.25) is 4.79 Å². The van der Waals surface area contributed by atoms with Crippen LogP contribution in [0.15, 0.2) is 24.3 Å². The lowest BCUT2D eigenvalue weighted by molar-refractivity contribution is -0.145. The molecule has 11 heteroatoms. The first-order valence-electron chi connectivity index (χ1n) is 9.84. The van der Waals surface area contributed by atoms with Gasteiger partial charge in [-0.05, 0) is 38.2 Å². The summed E-state index contributed by atoms with van der Waals surface area (Å²) in [5.41, 5.74) is 8.45. The number of aromatic nitrogens is 3. The van der Waals surface area contributed by atoms with E-state index in [-0.39, 0.29) is 48.6 Å². The van der Waals surface area contributed by atoms with Crippen LogP contribution in [0.4, 0.5) is 13.2 Å². The Hall–Kier alpha value is -1.84. The van der Waals surface area contributed by atoms with Gasteiger partial charge < -0.3 is 10.6 Å². The van der Waals surface area contributed by atoms with Gasteiger partial charge in [0.25, 0.3) is 11.7 Å². The van der Waals surface area contributed by atoms with Crippen molar-refractivity contribution in [2.75, 3.05) is 13.1 Å². The lowest BCUT2D eigenvalue weighted by Crippen LogP contribution is -2.51. The highest BCUT2D eigenvalue weighted by Crippen LogP contribution is 2.41. The van der Waals surface area contributed by atoms with Crippen LogP contribution >= 0.6 is 24.8 Å². The Bertz CT molecular complexity index is 926. The van der Waals surface area contributed by atoms with E-state index < -0.39 is 17.9 Å². The van der Waals surface area contributed by atoms with Crippen LogP contribution in [-0.4, -0.2) is 44.7 Å². The molecule has 0 unspecified atom stereocenters. The summed E-state index contributed by atoms with van der Waals surface area (Å²) in [5, 5.41) is 3.45. The highest BCUT2D eigenvalue weighted by molar-refractivity contribution is 5.91. The van der Waals surface area contributed by atoms with E-state index in [0.29, 0.717) is 13.1 Å². The third-order valence-corrected chi connectivity index (χ3v) is 6.30. The molecule has 0 saturated heterocycles. The van der Waals surface area contributed by atoms with E-state index in [1.165, 1.54) is 11.1 Å². The van der Waals surface area contributed by atoms with Crippen LogP contribution in [-0.2, 0) is 18.1 Å². The van der Waals surface area contributed by atoms with Gasteiger partial charge in [0.2, 0.25) is 5.82 Å². The van der Waals surface area contributed by atoms with Crippen molar-refractivity contribution in [3.8, 4) is 0 Å². The minimum absolute atomic E-state index is 0. The minimum atomic E-state index is -4.66. The molecule has 6 nitrogen and oxygen atoms in total. The van der Waals surface area contributed by atoms with E-state index in [4.69, 9.17) is 5.73 Å². The lowest BCUT2D eigenvalue weighted by atomic mass is 9.67. The maximum atomic E-state index is 12.9. The number of amides is 1. The third-order valence-electron chi connectivity index (χ3n) is 6.30. The van der Waals surface area contributed by atoms with Gasteiger partial charge in [-0.25, -0.2) is 4.68 Å². The molecule has 1 aromatic carbocycles. The second-order valence-corrected chi connectivity index (χ2v) is 8.06. The molecule has 1 aromatic heterocycles. The molecule has 4 rings (SSSR count). The molecule has 0 spiro atoms. The van der Waals surface area contributed by atoms with Crippen molar-refractivity contribution in [3.63, 3.8) is 0 Å². The predicted octanol–water partition coefficient (Wildman–Crippen LogP) is 3.74. The van der Waals surface area contributed by atoms with Crippen LogP contribution < -0.4 is 5.73 Å². The molecule has 1 amide bonds. The monoisotopic (exact) mass is 479 g/mol. The molecular weight excluding hydrogens is 454 g/mol. The summed E-state index contributed by atoms with van der Waals surface area (Å²) < 4.78 is 39.7. The van der Waals surface area contributed by atoms with Crippen molar-refractivity contribution >= 4 is 30.7 Å². The average molecular weight is 480 g/mol. The Morgan fingerprint density at radius 2 is 1.87 bits per heavy atom. The van der Waals surface area contributed by atoms with Gasteiger partial charge in [-0.2, -0.15) is 18.2 Å². The number of fused-ring (bicyclic) bond motifs is 1. The summed E-state index contributed by atoms with van der Waals surface area (Å²) in [5.74, 6) is -1.95. The molecule has 172 valence electrons. The number of carbonyl (C=O) groups excluding carboxylic acids is 1. The van der Waals surface area contributed by atoms with Crippen LogP contribution in [0.5, 0.6) is 0 Å². The number of alkyl halides is 3. The Morgan fingerprint density at radius 1 is 1.19 bits per heavy atom. The van der Waals surface area contributed by atoms with Crippen LogP contribution in [0.25, 0.3) is 0 Å². The Kier molecular flexibility index (Phi) is 7.66. The number of benzene rings is 1. The molecule has 2 aliphatic rings. The summed E-state index contributed by atoms with van der Waals surface area (Å²) >= 11 is 0. The molecule has 31 heavy (non-hydrogen) atoms. The first-order valence-corrected chi connectivity index (χ1v) is 9.84. The number of nitrogens with zero attached hydrogens (tertiary/aromatic N) is 4. The van der Waals surface area contributed by atoms with Gasteiger partial charge in [0.1, 0.15) is 0 Å². The molecule has 2 aromatic rings. The van der Waals surface area contributed by atoms with Gasteiger partial charge in [-0.1, -0.05) is 29.8 Å². The molecule has 1 saturated carbocycles. The highest BCUT2D eigenvalue weighted by Gasteiger charge is 2.43. The maximum absolute atomic E-state index is 12.9. The normalized spacial score (nSPS) is 23.6.